The number of hydrogen-bond donors (Lipinski definition) is 3. The Morgan fingerprint density at radius 3 is 2.33 bits per heavy atom. The van der Waals surface area contributed by atoms with Gasteiger partial charge in [-0.2, -0.15) is 0 Å². The fourth-order valence-corrected chi connectivity index (χ4v) is 7.97. The van der Waals surface area contributed by atoms with E-state index in [1.165, 1.54) is 25.7 Å². The summed E-state index contributed by atoms with van der Waals surface area (Å²) in [4.78, 5) is 0. The van der Waals surface area contributed by atoms with Gasteiger partial charge in [-0.1, -0.05) is 13.8 Å². The Balaban J connectivity index is 1.63. The molecule has 0 spiro atoms. The quantitative estimate of drug-likeness (QED) is 0.687. The maximum Gasteiger partial charge on any atom is 0.0958 e. The standard InChI is InChI=1S/C21H36O3/c1-13(22)21(24)11-8-18-16-5-4-14-12-15(23)6-9-19(14,2)17(16)7-10-20(18,21)3/h13-18,22-24H,4-12H2,1-3H3/t13-,14-,15+,16+,17-,18+,19-,20-,21-/m0/s1. The second-order valence-electron chi connectivity index (χ2n) is 10.2. The third-order valence-electron chi connectivity index (χ3n) is 9.54. The summed E-state index contributed by atoms with van der Waals surface area (Å²) in [6.45, 7) is 6.53. The van der Waals surface area contributed by atoms with Gasteiger partial charge in [0.25, 0.3) is 0 Å². The fourth-order valence-electron chi connectivity index (χ4n) is 7.97. The van der Waals surface area contributed by atoms with E-state index >= 15 is 0 Å². The molecule has 4 rings (SSSR count). The third-order valence-corrected chi connectivity index (χ3v) is 9.54. The van der Waals surface area contributed by atoms with Crippen LogP contribution >= 0.6 is 0 Å². The van der Waals surface area contributed by atoms with Crippen molar-refractivity contribution in [1.29, 1.82) is 0 Å². The highest BCUT2D eigenvalue weighted by atomic mass is 16.3. The minimum absolute atomic E-state index is 0.0831. The Morgan fingerprint density at radius 2 is 1.62 bits per heavy atom. The highest BCUT2D eigenvalue weighted by Crippen LogP contribution is 2.68. The van der Waals surface area contributed by atoms with E-state index in [4.69, 9.17) is 0 Å². The molecule has 9 atom stereocenters. The Hall–Kier alpha value is -0.120. The molecule has 0 radical (unpaired) electrons. The molecule has 0 amide bonds. The Labute approximate surface area is 146 Å². The lowest BCUT2D eigenvalue weighted by Gasteiger charge is -2.61. The second kappa shape index (κ2) is 5.44. The molecule has 4 fully saturated rings. The smallest absolute Gasteiger partial charge is 0.0958 e. The van der Waals surface area contributed by atoms with Gasteiger partial charge in [-0.15, -0.1) is 0 Å². The van der Waals surface area contributed by atoms with Crippen molar-refractivity contribution in [2.75, 3.05) is 0 Å². The van der Waals surface area contributed by atoms with E-state index < -0.39 is 11.7 Å². The summed E-state index contributed by atoms with van der Waals surface area (Å²) in [7, 11) is 0. The number of rotatable bonds is 1. The van der Waals surface area contributed by atoms with Crippen molar-refractivity contribution in [3.05, 3.63) is 0 Å². The molecule has 24 heavy (non-hydrogen) atoms. The molecular weight excluding hydrogens is 300 g/mol. The van der Waals surface area contributed by atoms with Crippen LogP contribution in [0.4, 0.5) is 0 Å². The van der Waals surface area contributed by atoms with Crippen molar-refractivity contribution < 1.29 is 15.3 Å². The van der Waals surface area contributed by atoms with E-state index in [0.29, 0.717) is 23.2 Å². The lowest BCUT2D eigenvalue weighted by Crippen LogP contribution is -2.59. The van der Waals surface area contributed by atoms with Gasteiger partial charge in [0.1, 0.15) is 0 Å². The molecule has 3 heteroatoms. The summed E-state index contributed by atoms with van der Waals surface area (Å²) in [5, 5.41) is 31.7. The zero-order valence-electron chi connectivity index (χ0n) is 15.7. The van der Waals surface area contributed by atoms with Crippen LogP contribution < -0.4 is 0 Å². The van der Waals surface area contributed by atoms with Gasteiger partial charge in [0.15, 0.2) is 0 Å². The topological polar surface area (TPSA) is 60.7 Å². The van der Waals surface area contributed by atoms with Crippen LogP contribution in [0.15, 0.2) is 0 Å². The highest BCUT2D eigenvalue weighted by molar-refractivity contribution is 5.15. The molecule has 0 aromatic rings. The molecule has 3 N–H and O–H groups in total. The van der Waals surface area contributed by atoms with Crippen LogP contribution in [0.5, 0.6) is 0 Å². The van der Waals surface area contributed by atoms with Crippen LogP contribution in [-0.2, 0) is 0 Å². The van der Waals surface area contributed by atoms with Crippen LogP contribution in [0, 0.1) is 34.5 Å². The first-order valence-corrected chi connectivity index (χ1v) is 10.3. The summed E-state index contributed by atoms with van der Waals surface area (Å²) in [6.07, 6.45) is 8.99. The van der Waals surface area contributed by atoms with Gasteiger partial charge in [0, 0.05) is 5.41 Å². The Bertz CT molecular complexity index is 505. The molecule has 4 aliphatic rings. The molecule has 3 nitrogen and oxygen atoms in total. The highest BCUT2D eigenvalue weighted by Gasteiger charge is 2.65. The average Bonchev–Trinajstić information content (AvgIpc) is 2.81. The van der Waals surface area contributed by atoms with Gasteiger partial charge in [-0.25, -0.2) is 0 Å². The van der Waals surface area contributed by atoms with Crippen molar-refractivity contribution in [3.63, 3.8) is 0 Å². The molecule has 0 heterocycles. The molecular formula is C21H36O3. The minimum Gasteiger partial charge on any atom is -0.393 e. The van der Waals surface area contributed by atoms with Gasteiger partial charge < -0.3 is 15.3 Å². The lowest BCUT2D eigenvalue weighted by molar-refractivity contribution is -0.186. The maximum atomic E-state index is 11.3. The Kier molecular flexibility index (Phi) is 3.92. The van der Waals surface area contributed by atoms with Gasteiger partial charge >= 0.3 is 0 Å². The van der Waals surface area contributed by atoms with Crippen LogP contribution in [0.2, 0.25) is 0 Å². The molecule has 0 saturated heterocycles. The normalized spacial score (nSPS) is 58.5. The monoisotopic (exact) mass is 336 g/mol. The third kappa shape index (κ3) is 2.07. The first kappa shape index (κ1) is 17.3. The molecule has 0 unspecified atom stereocenters. The lowest BCUT2D eigenvalue weighted by atomic mass is 9.44. The zero-order chi connectivity index (χ0) is 17.3. The van der Waals surface area contributed by atoms with Crippen molar-refractivity contribution in [2.24, 2.45) is 34.5 Å². The summed E-state index contributed by atoms with van der Waals surface area (Å²) >= 11 is 0. The second-order valence-corrected chi connectivity index (χ2v) is 10.2. The molecule has 4 saturated carbocycles. The van der Waals surface area contributed by atoms with Crippen LogP contribution in [0.1, 0.15) is 78.6 Å². The van der Waals surface area contributed by atoms with E-state index in [1.807, 2.05) is 0 Å². The molecule has 0 aromatic carbocycles. The number of aliphatic hydroxyl groups is 3. The van der Waals surface area contributed by atoms with Gasteiger partial charge in [0.2, 0.25) is 0 Å². The first-order chi connectivity index (χ1) is 11.2. The summed E-state index contributed by atoms with van der Waals surface area (Å²) in [5.74, 6) is 2.69. The van der Waals surface area contributed by atoms with Crippen LogP contribution in [0.25, 0.3) is 0 Å². The summed E-state index contributed by atoms with van der Waals surface area (Å²) in [6, 6.07) is 0. The van der Waals surface area contributed by atoms with Crippen molar-refractivity contribution in [2.45, 2.75) is 96.4 Å². The molecule has 4 aliphatic carbocycles. The van der Waals surface area contributed by atoms with E-state index in [9.17, 15) is 15.3 Å². The predicted octanol–water partition coefficient (Wildman–Crippen LogP) is 3.50. The van der Waals surface area contributed by atoms with Crippen molar-refractivity contribution >= 4 is 0 Å². The number of fused-ring (bicyclic) bond motifs is 5. The summed E-state index contributed by atoms with van der Waals surface area (Å²) < 4.78 is 0. The number of hydrogen-bond acceptors (Lipinski definition) is 3. The van der Waals surface area contributed by atoms with Crippen LogP contribution in [-0.4, -0.2) is 33.1 Å². The minimum atomic E-state index is -0.900. The SMILES string of the molecule is C[C@H](O)[C@@]1(O)CC[C@@H]2[C@@H]3CC[C@H]4C[C@H](O)CC[C@]4(C)[C@H]3CC[C@@]21C. The molecule has 0 aliphatic heterocycles. The molecule has 0 aromatic heterocycles. The fraction of sp³-hybridized carbons (Fsp3) is 1.00. The van der Waals surface area contributed by atoms with E-state index in [2.05, 4.69) is 13.8 Å². The maximum absolute atomic E-state index is 11.3. The predicted molar refractivity (Wildman–Crippen MR) is 94.4 cm³/mol. The molecule has 138 valence electrons. The largest absolute Gasteiger partial charge is 0.393 e. The Morgan fingerprint density at radius 1 is 0.917 bits per heavy atom. The number of aliphatic hydroxyl groups excluding tert-OH is 2. The van der Waals surface area contributed by atoms with Gasteiger partial charge in [0.05, 0.1) is 17.8 Å². The van der Waals surface area contributed by atoms with Crippen LogP contribution in [0.3, 0.4) is 0 Å². The van der Waals surface area contributed by atoms with E-state index in [0.717, 1.165) is 38.0 Å². The summed E-state index contributed by atoms with van der Waals surface area (Å²) in [5.41, 5.74) is -0.641. The first-order valence-electron chi connectivity index (χ1n) is 10.3. The van der Waals surface area contributed by atoms with Gasteiger partial charge in [-0.05, 0) is 93.8 Å². The zero-order valence-corrected chi connectivity index (χ0v) is 15.7. The van der Waals surface area contributed by atoms with Gasteiger partial charge in [-0.3, -0.25) is 0 Å². The van der Waals surface area contributed by atoms with Crippen molar-refractivity contribution in [1.82, 2.24) is 0 Å². The van der Waals surface area contributed by atoms with E-state index in [1.54, 1.807) is 6.92 Å². The molecule has 0 bridgehead atoms. The van der Waals surface area contributed by atoms with E-state index in [-0.39, 0.29) is 11.5 Å². The average molecular weight is 337 g/mol. The van der Waals surface area contributed by atoms with Crippen molar-refractivity contribution in [3.8, 4) is 0 Å².